The lowest BCUT2D eigenvalue weighted by Crippen LogP contribution is -2.56. The molecule has 0 radical (unpaired) electrons. The zero-order valence-electron chi connectivity index (χ0n) is 12.3. The van der Waals surface area contributed by atoms with Gasteiger partial charge in [-0.3, -0.25) is 0 Å². The Hall–Kier alpha value is -0.310. The second-order valence-corrected chi connectivity index (χ2v) is 7.51. The number of hydrogen-bond acceptors (Lipinski definition) is 2. The molecular weight excluding hydrogens is 218 g/mol. The highest BCUT2D eigenvalue weighted by molar-refractivity contribution is 7.80. The van der Waals surface area contributed by atoms with Crippen molar-refractivity contribution in [2.45, 2.75) is 79.0 Å². The molecule has 0 aliphatic heterocycles. The highest BCUT2D eigenvalue weighted by atomic mass is 32.1. The summed E-state index contributed by atoms with van der Waals surface area (Å²) in [6.07, 6.45) is 0. The van der Waals surface area contributed by atoms with Gasteiger partial charge < -0.3 is 9.64 Å². The van der Waals surface area contributed by atoms with Gasteiger partial charge in [-0.2, -0.15) is 0 Å². The molecule has 0 amide bonds. The molecule has 0 saturated heterocycles. The van der Waals surface area contributed by atoms with Crippen molar-refractivity contribution >= 4 is 17.4 Å². The van der Waals surface area contributed by atoms with E-state index >= 15 is 0 Å². The molecule has 0 spiro atoms. The Labute approximate surface area is 106 Å². The Kier molecular flexibility index (Phi) is 4.43. The lowest BCUT2D eigenvalue weighted by molar-refractivity contribution is 0.0383. The molecule has 2 nitrogen and oxygen atoms in total. The maximum atomic E-state index is 5.81. The van der Waals surface area contributed by atoms with Crippen LogP contribution in [-0.4, -0.2) is 26.8 Å². The van der Waals surface area contributed by atoms with E-state index < -0.39 is 0 Å². The molecule has 0 saturated carbocycles. The second-order valence-electron chi connectivity index (χ2n) is 7.16. The van der Waals surface area contributed by atoms with Crippen LogP contribution in [0, 0.1) is 0 Å². The topological polar surface area (TPSA) is 12.5 Å². The zero-order valence-corrected chi connectivity index (χ0v) is 13.1. The third-order valence-electron chi connectivity index (χ3n) is 1.92. The normalized spacial score (nSPS) is 13.6. The Balaban J connectivity index is 5.03. The molecule has 0 aliphatic rings. The van der Waals surface area contributed by atoms with Crippen LogP contribution in [0.5, 0.6) is 0 Å². The van der Waals surface area contributed by atoms with E-state index in [1.807, 2.05) is 20.8 Å². The lowest BCUT2D eigenvalue weighted by Gasteiger charge is -2.47. The van der Waals surface area contributed by atoms with Crippen LogP contribution in [0.15, 0.2) is 0 Å². The van der Waals surface area contributed by atoms with E-state index in [1.54, 1.807) is 0 Å². The number of thiocarbonyl (C=S) groups is 1. The van der Waals surface area contributed by atoms with Crippen molar-refractivity contribution in [2.24, 2.45) is 0 Å². The molecule has 0 bridgehead atoms. The number of nitrogens with zero attached hydrogens (tertiary/aromatic N) is 1. The molecule has 16 heavy (non-hydrogen) atoms. The summed E-state index contributed by atoms with van der Waals surface area (Å²) in [6.45, 7) is 18.9. The van der Waals surface area contributed by atoms with E-state index in [4.69, 9.17) is 17.0 Å². The summed E-state index contributed by atoms with van der Waals surface area (Å²) in [5.41, 5.74) is -0.326. The van der Waals surface area contributed by atoms with Crippen molar-refractivity contribution in [1.82, 2.24) is 4.90 Å². The number of rotatable bonds is 0. The molecule has 0 aromatic heterocycles. The van der Waals surface area contributed by atoms with Gasteiger partial charge in [0.25, 0.3) is 5.17 Å². The highest BCUT2D eigenvalue weighted by Gasteiger charge is 2.35. The van der Waals surface area contributed by atoms with Crippen molar-refractivity contribution in [2.75, 3.05) is 0 Å². The average molecular weight is 245 g/mol. The van der Waals surface area contributed by atoms with Gasteiger partial charge in [0.15, 0.2) is 0 Å². The minimum atomic E-state index is -0.244. The minimum Gasteiger partial charge on any atom is -0.465 e. The Morgan fingerprint density at radius 3 is 1.31 bits per heavy atom. The van der Waals surface area contributed by atoms with Crippen molar-refractivity contribution in [3.8, 4) is 0 Å². The first-order chi connectivity index (χ1) is 6.75. The van der Waals surface area contributed by atoms with Crippen LogP contribution in [0.1, 0.15) is 62.3 Å². The van der Waals surface area contributed by atoms with Crippen LogP contribution in [0.4, 0.5) is 0 Å². The standard InChI is InChI=1S/C13H27NOS/c1-11(2,3)14(12(4,5)6)10(16)15-13(7,8)9/h1-9H3. The first-order valence-corrected chi connectivity index (χ1v) is 6.19. The zero-order chi connectivity index (χ0) is 13.4. The fraction of sp³-hybridized carbons (Fsp3) is 0.923. The summed E-state index contributed by atoms with van der Waals surface area (Å²) >= 11 is 5.42. The van der Waals surface area contributed by atoms with Gasteiger partial charge in [0.1, 0.15) is 5.60 Å². The van der Waals surface area contributed by atoms with Gasteiger partial charge in [-0.15, -0.1) is 0 Å². The fourth-order valence-corrected chi connectivity index (χ4v) is 2.66. The van der Waals surface area contributed by atoms with E-state index in [1.165, 1.54) is 0 Å². The molecule has 3 heteroatoms. The maximum absolute atomic E-state index is 5.81. The molecule has 0 atom stereocenters. The van der Waals surface area contributed by atoms with Crippen molar-refractivity contribution in [3.05, 3.63) is 0 Å². The molecule has 0 aliphatic carbocycles. The average Bonchev–Trinajstić information content (AvgIpc) is 1.70. The summed E-state index contributed by atoms with van der Waals surface area (Å²) in [4.78, 5) is 2.15. The molecule has 0 heterocycles. The monoisotopic (exact) mass is 245 g/mol. The Morgan fingerprint density at radius 2 is 1.12 bits per heavy atom. The summed E-state index contributed by atoms with van der Waals surface area (Å²) in [5.74, 6) is 0. The van der Waals surface area contributed by atoms with Crippen molar-refractivity contribution in [3.63, 3.8) is 0 Å². The third-order valence-corrected chi connectivity index (χ3v) is 2.18. The number of ether oxygens (including phenoxy) is 1. The predicted molar refractivity (Wildman–Crippen MR) is 74.8 cm³/mol. The molecule has 0 N–H and O–H groups in total. The molecule has 0 aromatic carbocycles. The fourth-order valence-electron chi connectivity index (χ4n) is 1.86. The first-order valence-electron chi connectivity index (χ1n) is 5.78. The quantitative estimate of drug-likeness (QED) is 0.599. The summed E-state index contributed by atoms with van der Waals surface area (Å²) in [6, 6.07) is 0. The van der Waals surface area contributed by atoms with Gasteiger partial charge in [0, 0.05) is 11.1 Å². The molecule has 96 valence electrons. The molecular formula is C13H27NOS. The predicted octanol–water partition coefficient (Wildman–Crippen LogP) is 3.99. The molecule has 0 rings (SSSR count). The van der Waals surface area contributed by atoms with E-state index in [9.17, 15) is 0 Å². The van der Waals surface area contributed by atoms with Gasteiger partial charge in [0.05, 0.1) is 0 Å². The van der Waals surface area contributed by atoms with Crippen LogP contribution < -0.4 is 0 Å². The van der Waals surface area contributed by atoms with Crippen LogP contribution in [0.2, 0.25) is 0 Å². The summed E-state index contributed by atoms with van der Waals surface area (Å²) in [5, 5.41) is 0.576. The number of hydrogen-bond donors (Lipinski definition) is 0. The largest absolute Gasteiger partial charge is 0.465 e. The van der Waals surface area contributed by atoms with Gasteiger partial charge >= 0.3 is 0 Å². The maximum Gasteiger partial charge on any atom is 0.260 e. The highest BCUT2D eigenvalue weighted by Crippen LogP contribution is 2.27. The molecule has 0 aromatic rings. The minimum absolute atomic E-state index is 0.0411. The van der Waals surface area contributed by atoms with Crippen LogP contribution in [0.25, 0.3) is 0 Å². The van der Waals surface area contributed by atoms with E-state index in [0.29, 0.717) is 5.17 Å². The van der Waals surface area contributed by atoms with E-state index in [-0.39, 0.29) is 16.7 Å². The second kappa shape index (κ2) is 4.52. The van der Waals surface area contributed by atoms with Crippen LogP contribution >= 0.6 is 12.2 Å². The van der Waals surface area contributed by atoms with E-state index in [0.717, 1.165) is 0 Å². The van der Waals surface area contributed by atoms with Gasteiger partial charge in [-0.25, -0.2) is 0 Å². The first kappa shape index (κ1) is 15.7. The molecule has 0 fully saturated rings. The van der Waals surface area contributed by atoms with Gasteiger partial charge in [-0.1, -0.05) is 0 Å². The van der Waals surface area contributed by atoms with Crippen molar-refractivity contribution < 1.29 is 4.74 Å². The third kappa shape index (κ3) is 5.15. The summed E-state index contributed by atoms with van der Waals surface area (Å²) in [7, 11) is 0. The lowest BCUT2D eigenvalue weighted by atomic mass is 9.97. The Morgan fingerprint density at radius 1 is 0.812 bits per heavy atom. The Bertz CT molecular complexity index is 239. The van der Waals surface area contributed by atoms with Gasteiger partial charge in [0.2, 0.25) is 0 Å². The van der Waals surface area contributed by atoms with E-state index in [2.05, 4.69) is 46.4 Å². The SMILES string of the molecule is CC(C)(C)OC(=S)N(C(C)(C)C)C(C)(C)C. The van der Waals surface area contributed by atoms with Crippen LogP contribution in [0.3, 0.4) is 0 Å². The summed E-state index contributed by atoms with van der Waals surface area (Å²) < 4.78 is 5.81. The van der Waals surface area contributed by atoms with Gasteiger partial charge in [-0.05, 0) is 74.5 Å². The smallest absolute Gasteiger partial charge is 0.260 e. The van der Waals surface area contributed by atoms with Crippen molar-refractivity contribution in [1.29, 1.82) is 0 Å². The van der Waals surface area contributed by atoms with Crippen LogP contribution in [-0.2, 0) is 4.74 Å². The molecule has 0 unspecified atom stereocenters.